The smallest absolute Gasteiger partial charge is 0.463 e. The van der Waals surface area contributed by atoms with Crippen molar-refractivity contribution in [2.75, 3.05) is 39.6 Å². The number of carbonyl (C=O) groups excluding carboxylic acids is 3. The standard InChI is InChI=1S/C77H126O16P2/c1-4-7-10-13-16-19-22-25-28-30-32-33-34-35-36-37-39-41-43-45-48-51-54-57-60-63-75(80)87-66-72(78)67-89-94(83,84)90-68-73(79)69-91-95(85,86)92-71-74(93-77(82)65-62-59-56-53-50-47-42-27-24-21-18-15-12-9-6-3)70-88-76(81)64-61-58-55-52-49-46-44-40-38-31-29-26-23-20-17-14-11-8-5-2/h7-8,10-11,16-21,25-29,32-33,35-36,38-42,46,49,72-74,78-79H,4-6,9,12-15,22-24,30-31,34,37,43-45,47-48,50-71H2,1-3H3,(H,83,84)(H,85,86)/b10-7-,11-8-,19-16-,20-17-,21-18-,28-25-,29-26-,33-32-,36-35-,40-38-,41-39-,42-27-,49-46-. The lowest BCUT2D eigenvalue weighted by molar-refractivity contribution is -0.161. The van der Waals surface area contributed by atoms with Gasteiger partial charge in [-0.1, -0.05) is 243 Å². The molecular weight excluding hydrogens is 1240 g/mol. The third-order valence-corrected chi connectivity index (χ3v) is 16.1. The van der Waals surface area contributed by atoms with E-state index in [9.17, 15) is 43.5 Å². The van der Waals surface area contributed by atoms with Crippen LogP contribution in [-0.2, 0) is 55.8 Å². The lowest BCUT2D eigenvalue weighted by Crippen LogP contribution is -2.30. The highest BCUT2D eigenvalue weighted by Gasteiger charge is 2.29. The molecule has 0 bridgehead atoms. The summed E-state index contributed by atoms with van der Waals surface area (Å²) in [6.45, 7) is 2.32. The lowest BCUT2D eigenvalue weighted by atomic mass is 10.1. The van der Waals surface area contributed by atoms with Crippen molar-refractivity contribution in [2.24, 2.45) is 0 Å². The van der Waals surface area contributed by atoms with Crippen LogP contribution in [0.4, 0.5) is 0 Å². The third-order valence-electron chi connectivity index (χ3n) is 14.2. The van der Waals surface area contributed by atoms with Crippen LogP contribution in [0, 0.1) is 0 Å². The van der Waals surface area contributed by atoms with Crippen LogP contribution in [0.25, 0.3) is 0 Å². The minimum absolute atomic E-state index is 0.0753. The van der Waals surface area contributed by atoms with Crippen molar-refractivity contribution in [3.05, 3.63) is 158 Å². The van der Waals surface area contributed by atoms with E-state index >= 15 is 0 Å². The molecule has 0 spiro atoms. The first-order valence-corrected chi connectivity index (χ1v) is 38.8. The molecule has 5 unspecified atom stereocenters. The van der Waals surface area contributed by atoms with Crippen LogP contribution in [0.1, 0.15) is 252 Å². The average Bonchev–Trinajstić information content (AvgIpc) is 2.24. The Kier molecular flexibility index (Phi) is 65.6. The van der Waals surface area contributed by atoms with Gasteiger partial charge in [-0.2, -0.15) is 0 Å². The SMILES string of the molecule is CC/C=C\C/C=C\C/C=C\C/C=C\C/C=C\C/C=C\CCCCCCCCC(=O)OCC(O)COP(=O)(O)OCC(O)COP(=O)(O)OCC(COC(=O)CCCCC/C=C\C/C=C\C/C=C\C/C=C\C/C=C\CC)OC(=O)CCCCCCC/C=C\C/C=C\CCCCC. The lowest BCUT2D eigenvalue weighted by Gasteiger charge is -2.21. The maximum atomic E-state index is 12.9. The van der Waals surface area contributed by atoms with Crippen molar-refractivity contribution in [2.45, 2.75) is 270 Å². The number of hydrogen-bond acceptors (Lipinski definition) is 14. The molecule has 0 saturated carbocycles. The summed E-state index contributed by atoms with van der Waals surface area (Å²) in [7, 11) is -9.81. The third kappa shape index (κ3) is 70.3. The van der Waals surface area contributed by atoms with E-state index in [-0.39, 0.29) is 19.3 Å². The number of hydrogen-bond donors (Lipinski definition) is 4. The zero-order valence-electron chi connectivity index (χ0n) is 58.5. The van der Waals surface area contributed by atoms with E-state index < -0.39 is 91.5 Å². The fourth-order valence-corrected chi connectivity index (χ4v) is 10.4. The number of esters is 3. The second-order valence-electron chi connectivity index (χ2n) is 23.3. The molecule has 16 nitrogen and oxygen atoms in total. The van der Waals surface area contributed by atoms with Crippen molar-refractivity contribution >= 4 is 33.6 Å². The van der Waals surface area contributed by atoms with Gasteiger partial charge in [0.15, 0.2) is 6.10 Å². The number of rotatable bonds is 66. The van der Waals surface area contributed by atoms with Crippen molar-refractivity contribution in [1.29, 1.82) is 0 Å². The molecule has 0 aliphatic rings. The van der Waals surface area contributed by atoms with E-state index in [0.29, 0.717) is 19.3 Å². The Balaban J connectivity index is 4.68. The van der Waals surface area contributed by atoms with Gasteiger partial charge in [0.25, 0.3) is 0 Å². The van der Waals surface area contributed by atoms with Crippen molar-refractivity contribution in [1.82, 2.24) is 0 Å². The minimum atomic E-state index is -4.94. The summed E-state index contributed by atoms with van der Waals surface area (Å²) in [6, 6.07) is 0. The molecule has 0 heterocycles. The molecule has 540 valence electrons. The van der Waals surface area contributed by atoms with E-state index in [1.54, 1.807) is 0 Å². The molecule has 5 atom stereocenters. The van der Waals surface area contributed by atoms with Crippen LogP contribution in [-0.4, -0.2) is 95.9 Å². The van der Waals surface area contributed by atoms with E-state index in [2.05, 4.69) is 179 Å². The Morgan fingerprint density at radius 2 is 0.558 bits per heavy atom. The molecule has 95 heavy (non-hydrogen) atoms. The summed E-state index contributed by atoms with van der Waals surface area (Å²) < 4.78 is 60.9. The first-order valence-electron chi connectivity index (χ1n) is 35.8. The van der Waals surface area contributed by atoms with Crippen LogP contribution < -0.4 is 0 Å². The summed E-state index contributed by atoms with van der Waals surface area (Å²) in [4.78, 5) is 58.5. The van der Waals surface area contributed by atoms with Crippen LogP contribution in [0.5, 0.6) is 0 Å². The molecule has 0 aromatic rings. The Morgan fingerprint density at radius 3 is 0.895 bits per heavy atom. The summed E-state index contributed by atoms with van der Waals surface area (Å²) in [6.07, 6.45) is 84.3. The first-order chi connectivity index (χ1) is 46.2. The fraction of sp³-hybridized carbons (Fsp3) is 0.623. The Labute approximate surface area is 574 Å². The second kappa shape index (κ2) is 69.1. The quantitative estimate of drug-likeness (QED) is 0.0146. The number of carbonyl (C=O) groups is 3. The molecular formula is C77H126O16P2. The Morgan fingerprint density at radius 1 is 0.305 bits per heavy atom. The molecule has 0 aromatic heterocycles. The van der Waals surface area contributed by atoms with Gasteiger partial charge >= 0.3 is 33.6 Å². The highest BCUT2D eigenvalue weighted by Crippen LogP contribution is 2.45. The van der Waals surface area contributed by atoms with Gasteiger partial charge in [-0.15, -0.1) is 0 Å². The Hall–Kier alpha value is -4.83. The maximum absolute atomic E-state index is 12.9. The van der Waals surface area contributed by atoms with E-state index in [4.69, 9.17) is 32.3 Å². The van der Waals surface area contributed by atoms with Gasteiger partial charge in [-0.3, -0.25) is 32.5 Å². The molecule has 0 radical (unpaired) electrons. The fourth-order valence-electron chi connectivity index (χ4n) is 8.81. The minimum Gasteiger partial charge on any atom is -0.463 e. The van der Waals surface area contributed by atoms with Gasteiger partial charge in [0.2, 0.25) is 0 Å². The van der Waals surface area contributed by atoms with Crippen molar-refractivity contribution < 1.29 is 75.8 Å². The van der Waals surface area contributed by atoms with Gasteiger partial charge in [-0.05, 0) is 148 Å². The summed E-state index contributed by atoms with van der Waals surface area (Å²) in [5.41, 5.74) is 0. The zero-order valence-corrected chi connectivity index (χ0v) is 60.3. The first kappa shape index (κ1) is 90.2. The largest absolute Gasteiger partial charge is 0.472 e. The van der Waals surface area contributed by atoms with Crippen LogP contribution in [0.3, 0.4) is 0 Å². The summed E-state index contributed by atoms with van der Waals surface area (Å²) in [5.74, 6) is -1.65. The number of ether oxygens (including phenoxy) is 3. The molecule has 0 aromatic carbocycles. The topological polar surface area (TPSA) is 231 Å². The van der Waals surface area contributed by atoms with Crippen LogP contribution >= 0.6 is 15.6 Å². The second-order valence-corrected chi connectivity index (χ2v) is 26.2. The van der Waals surface area contributed by atoms with Crippen LogP contribution in [0.2, 0.25) is 0 Å². The molecule has 0 aliphatic heterocycles. The number of unbranched alkanes of at least 4 members (excludes halogenated alkanes) is 17. The monoisotopic (exact) mass is 1370 g/mol. The molecule has 0 aliphatic carbocycles. The Bertz CT molecular complexity index is 2360. The normalized spacial score (nSPS) is 15.1. The maximum Gasteiger partial charge on any atom is 0.472 e. The highest BCUT2D eigenvalue weighted by molar-refractivity contribution is 7.47. The predicted molar refractivity (Wildman–Crippen MR) is 389 cm³/mol. The molecule has 0 amide bonds. The molecule has 18 heteroatoms. The summed E-state index contributed by atoms with van der Waals surface area (Å²) >= 11 is 0. The van der Waals surface area contributed by atoms with E-state index in [0.717, 1.165) is 173 Å². The molecule has 4 N–H and O–H groups in total. The number of allylic oxidation sites excluding steroid dienone is 26. The van der Waals surface area contributed by atoms with Gasteiger partial charge < -0.3 is 34.2 Å². The highest BCUT2D eigenvalue weighted by atomic mass is 31.2. The van der Waals surface area contributed by atoms with Gasteiger partial charge in [0, 0.05) is 19.3 Å². The molecule has 0 saturated heterocycles. The van der Waals surface area contributed by atoms with Gasteiger partial charge in [0.05, 0.1) is 26.4 Å². The van der Waals surface area contributed by atoms with Gasteiger partial charge in [-0.25, -0.2) is 9.13 Å². The van der Waals surface area contributed by atoms with Crippen molar-refractivity contribution in [3.63, 3.8) is 0 Å². The number of phosphoric ester groups is 2. The number of aliphatic hydroxyl groups is 2. The van der Waals surface area contributed by atoms with Gasteiger partial charge in [0.1, 0.15) is 25.4 Å². The molecule has 0 rings (SSSR count). The average molecular weight is 1370 g/mol. The zero-order chi connectivity index (χ0) is 69.5. The van der Waals surface area contributed by atoms with Crippen molar-refractivity contribution in [3.8, 4) is 0 Å². The number of aliphatic hydroxyl groups excluding tert-OH is 2. The predicted octanol–water partition coefficient (Wildman–Crippen LogP) is 20.3. The van der Waals surface area contributed by atoms with E-state index in [1.165, 1.54) is 19.3 Å². The number of phosphoric acid groups is 2. The van der Waals surface area contributed by atoms with E-state index in [1.807, 2.05) is 0 Å². The van der Waals surface area contributed by atoms with Crippen LogP contribution in [0.15, 0.2) is 158 Å². The summed E-state index contributed by atoms with van der Waals surface area (Å²) in [5, 5.41) is 20.6. The molecule has 0 fully saturated rings.